The van der Waals surface area contributed by atoms with E-state index in [0.717, 1.165) is 10.0 Å². The Morgan fingerprint density at radius 3 is 2.39 bits per heavy atom. The van der Waals surface area contributed by atoms with Crippen molar-refractivity contribution >= 4 is 21.8 Å². The zero-order valence-electron chi connectivity index (χ0n) is 11.3. The second kappa shape index (κ2) is 5.85. The minimum atomic E-state index is -0.512. The van der Waals surface area contributed by atoms with Gasteiger partial charge in [0.1, 0.15) is 0 Å². The highest BCUT2D eigenvalue weighted by atomic mass is 79.9. The Kier molecular flexibility index (Phi) is 4.93. The molecule has 0 heterocycles. The minimum Gasteiger partial charge on any atom is -0.348 e. The average Bonchev–Trinajstić information content (AvgIpc) is 2.27. The molecule has 4 heteroatoms. The summed E-state index contributed by atoms with van der Waals surface area (Å²) in [5.74, 6) is -0.120. The number of nitrogens with one attached hydrogen (secondary N) is 1. The second-order valence-corrected chi connectivity index (χ2v) is 6.45. The van der Waals surface area contributed by atoms with E-state index in [1.165, 1.54) is 0 Å². The standard InChI is InChI=1S/C14H21BrN2O/c1-9(10-7-5-6-8-11(10)15)17-13(18)12(16)14(2,3)4/h5-9,12H,16H2,1-4H3,(H,17,18)/t9-,12-/m0/s1. The Bertz CT molecular complexity index is 426. The molecule has 0 fully saturated rings. The van der Waals surface area contributed by atoms with Crippen molar-refractivity contribution in [3.05, 3.63) is 34.3 Å². The van der Waals surface area contributed by atoms with E-state index in [4.69, 9.17) is 5.73 Å². The van der Waals surface area contributed by atoms with Crippen LogP contribution in [0.3, 0.4) is 0 Å². The molecule has 0 aromatic heterocycles. The van der Waals surface area contributed by atoms with Crippen LogP contribution in [0.25, 0.3) is 0 Å². The first kappa shape index (κ1) is 15.2. The minimum absolute atomic E-state index is 0.0681. The molecule has 2 atom stereocenters. The first-order chi connectivity index (χ1) is 8.23. The first-order valence-corrected chi connectivity index (χ1v) is 6.83. The Labute approximate surface area is 117 Å². The molecule has 3 nitrogen and oxygen atoms in total. The average molecular weight is 313 g/mol. The van der Waals surface area contributed by atoms with Gasteiger partial charge < -0.3 is 11.1 Å². The zero-order valence-corrected chi connectivity index (χ0v) is 12.9. The molecule has 0 radical (unpaired) electrons. The maximum absolute atomic E-state index is 12.0. The highest BCUT2D eigenvalue weighted by Crippen LogP contribution is 2.24. The van der Waals surface area contributed by atoms with Crippen LogP contribution in [0.4, 0.5) is 0 Å². The third-order valence-corrected chi connectivity index (χ3v) is 3.67. The van der Waals surface area contributed by atoms with Crippen LogP contribution in [0.5, 0.6) is 0 Å². The van der Waals surface area contributed by atoms with E-state index < -0.39 is 6.04 Å². The van der Waals surface area contributed by atoms with Gasteiger partial charge in [0, 0.05) is 4.47 Å². The summed E-state index contributed by atoms with van der Waals surface area (Å²) in [7, 11) is 0. The quantitative estimate of drug-likeness (QED) is 0.901. The van der Waals surface area contributed by atoms with Crippen molar-refractivity contribution in [3.63, 3.8) is 0 Å². The van der Waals surface area contributed by atoms with Gasteiger partial charge in [0.15, 0.2) is 0 Å². The van der Waals surface area contributed by atoms with Crippen LogP contribution in [-0.4, -0.2) is 11.9 Å². The molecular formula is C14H21BrN2O. The predicted octanol–water partition coefficient (Wildman–Crippen LogP) is 3.00. The Morgan fingerprint density at radius 1 is 1.33 bits per heavy atom. The fourth-order valence-electron chi connectivity index (χ4n) is 1.60. The summed E-state index contributed by atoms with van der Waals surface area (Å²) in [6.07, 6.45) is 0. The van der Waals surface area contributed by atoms with Crippen molar-refractivity contribution in [3.8, 4) is 0 Å². The fourth-order valence-corrected chi connectivity index (χ4v) is 2.23. The molecule has 0 bridgehead atoms. The van der Waals surface area contributed by atoms with Crippen molar-refractivity contribution in [2.24, 2.45) is 11.1 Å². The SMILES string of the molecule is C[C@H](NC(=O)[C@H](N)C(C)(C)C)c1ccccc1Br. The molecule has 1 rings (SSSR count). The number of carbonyl (C=O) groups is 1. The van der Waals surface area contributed by atoms with Gasteiger partial charge in [-0.1, -0.05) is 54.9 Å². The first-order valence-electron chi connectivity index (χ1n) is 6.04. The molecule has 0 aliphatic rings. The monoisotopic (exact) mass is 312 g/mol. The van der Waals surface area contributed by atoms with Crippen LogP contribution in [0.15, 0.2) is 28.7 Å². The summed E-state index contributed by atoms with van der Waals surface area (Å²) >= 11 is 3.48. The second-order valence-electron chi connectivity index (χ2n) is 5.60. The number of hydrogen-bond acceptors (Lipinski definition) is 2. The van der Waals surface area contributed by atoms with E-state index in [0.29, 0.717) is 0 Å². The molecule has 1 aromatic rings. The number of carbonyl (C=O) groups excluding carboxylic acids is 1. The van der Waals surface area contributed by atoms with Gasteiger partial charge in [-0.2, -0.15) is 0 Å². The molecule has 0 saturated carbocycles. The van der Waals surface area contributed by atoms with Crippen LogP contribution >= 0.6 is 15.9 Å². The van der Waals surface area contributed by atoms with E-state index in [9.17, 15) is 4.79 Å². The summed E-state index contributed by atoms with van der Waals surface area (Å²) in [5, 5.41) is 2.95. The van der Waals surface area contributed by atoms with Crippen LogP contribution in [0, 0.1) is 5.41 Å². The molecule has 18 heavy (non-hydrogen) atoms. The summed E-state index contributed by atoms with van der Waals surface area (Å²) in [4.78, 5) is 12.0. The Balaban J connectivity index is 2.75. The molecule has 1 amide bonds. The lowest BCUT2D eigenvalue weighted by molar-refractivity contribution is -0.125. The number of benzene rings is 1. The van der Waals surface area contributed by atoms with E-state index in [2.05, 4.69) is 21.2 Å². The number of halogens is 1. The molecule has 100 valence electrons. The van der Waals surface area contributed by atoms with Gasteiger partial charge in [0.05, 0.1) is 12.1 Å². The lowest BCUT2D eigenvalue weighted by atomic mass is 9.86. The third-order valence-electron chi connectivity index (χ3n) is 2.95. The lowest BCUT2D eigenvalue weighted by Gasteiger charge is -2.27. The molecule has 3 N–H and O–H groups in total. The van der Waals surface area contributed by atoms with E-state index in [-0.39, 0.29) is 17.4 Å². The zero-order chi connectivity index (χ0) is 13.9. The van der Waals surface area contributed by atoms with Crippen molar-refractivity contribution in [2.45, 2.75) is 39.8 Å². The van der Waals surface area contributed by atoms with Gasteiger partial charge in [-0.05, 0) is 24.0 Å². The predicted molar refractivity (Wildman–Crippen MR) is 78.1 cm³/mol. The van der Waals surface area contributed by atoms with Crippen molar-refractivity contribution < 1.29 is 4.79 Å². The summed E-state index contributed by atoms with van der Waals surface area (Å²) in [5.41, 5.74) is 6.74. The molecule has 0 aliphatic carbocycles. The molecule has 0 unspecified atom stereocenters. The van der Waals surface area contributed by atoms with Gasteiger partial charge in [0.25, 0.3) is 0 Å². The van der Waals surface area contributed by atoms with Crippen molar-refractivity contribution in [1.29, 1.82) is 0 Å². The number of amides is 1. The van der Waals surface area contributed by atoms with E-state index in [1.807, 2.05) is 52.0 Å². The molecule has 1 aromatic carbocycles. The summed E-state index contributed by atoms with van der Waals surface area (Å²) in [6, 6.07) is 7.26. The molecule has 0 saturated heterocycles. The maximum atomic E-state index is 12.0. The number of hydrogen-bond donors (Lipinski definition) is 2. The summed E-state index contributed by atoms with van der Waals surface area (Å²) in [6.45, 7) is 7.83. The molecule has 0 aliphatic heterocycles. The van der Waals surface area contributed by atoms with Crippen molar-refractivity contribution in [1.82, 2.24) is 5.32 Å². The van der Waals surface area contributed by atoms with Crippen LogP contribution in [0.1, 0.15) is 39.3 Å². The number of rotatable bonds is 3. The third kappa shape index (κ3) is 3.82. The largest absolute Gasteiger partial charge is 0.348 e. The highest BCUT2D eigenvalue weighted by Gasteiger charge is 2.28. The maximum Gasteiger partial charge on any atom is 0.237 e. The van der Waals surface area contributed by atoms with Gasteiger partial charge in [-0.3, -0.25) is 4.79 Å². The van der Waals surface area contributed by atoms with E-state index >= 15 is 0 Å². The fraction of sp³-hybridized carbons (Fsp3) is 0.500. The molecular weight excluding hydrogens is 292 g/mol. The van der Waals surface area contributed by atoms with Gasteiger partial charge in [-0.15, -0.1) is 0 Å². The highest BCUT2D eigenvalue weighted by molar-refractivity contribution is 9.10. The van der Waals surface area contributed by atoms with Gasteiger partial charge in [0.2, 0.25) is 5.91 Å². The van der Waals surface area contributed by atoms with Gasteiger partial charge >= 0.3 is 0 Å². The topological polar surface area (TPSA) is 55.1 Å². The lowest BCUT2D eigenvalue weighted by Crippen LogP contribution is -2.49. The van der Waals surface area contributed by atoms with Crippen LogP contribution in [0.2, 0.25) is 0 Å². The van der Waals surface area contributed by atoms with E-state index in [1.54, 1.807) is 0 Å². The smallest absolute Gasteiger partial charge is 0.237 e. The van der Waals surface area contributed by atoms with Gasteiger partial charge in [-0.25, -0.2) is 0 Å². The van der Waals surface area contributed by atoms with Crippen molar-refractivity contribution in [2.75, 3.05) is 0 Å². The normalized spacial score (nSPS) is 15.0. The Morgan fingerprint density at radius 2 is 1.89 bits per heavy atom. The van der Waals surface area contributed by atoms with Crippen LogP contribution in [-0.2, 0) is 4.79 Å². The Hall–Kier alpha value is -0.870. The molecule has 0 spiro atoms. The number of nitrogens with two attached hydrogens (primary N) is 1. The summed E-state index contributed by atoms with van der Waals surface area (Å²) < 4.78 is 0.988. The van der Waals surface area contributed by atoms with Crippen LogP contribution < -0.4 is 11.1 Å².